The van der Waals surface area contributed by atoms with Gasteiger partial charge in [-0.2, -0.15) is 10.2 Å². The van der Waals surface area contributed by atoms with Gasteiger partial charge in [-0.1, -0.05) is 0 Å². The third-order valence-corrected chi connectivity index (χ3v) is 5.74. The highest BCUT2D eigenvalue weighted by Crippen LogP contribution is 2.47. The molecule has 2 fully saturated rings. The van der Waals surface area contributed by atoms with E-state index in [4.69, 9.17) is 0 Å². The van der Waals surface area contributed by atoms with Gasteiger partial charge in [-0.25, -0.2) is 4.98 Å². The Morgan fingerprint density at radius 2 is 2.12 bits per heavy atom. The third-order valence-electron chi connectivity index (χ3n) is 5.74. The lowest BCUT2D eigenvalue weighted by atomic mass is 10.2. The zero-order valence-corrected chi connectivity index (χ0v) is 17.6. The number of aromatic nitrogens is 6. The molecule has 2 amide bonds. The van der Waals surface area contributed by atoms with Gasteiger partial charge in [0.25, 0.3) is 5.91 Å². The van der Waals surface area contributed by atoms with Crippen molar-refractivity contribution in [2.24, 2.45) is 11.8 Å². The second-order valence-electron chi connectivity index (χ2n) is 8.24. The number of anilines is 2. The number of piperidine rings is 1. The molecule has 3 aromatic rings. The highest BCUT2D eigenvalue weighted by atomic mass is 16.3. The lowest BCUT2D eigenvalue weighted by molar-refractivity contribution is -0.118. The Morgan fingerprint density at radius 1 is 1.31 bits per heavy atom. The Labute approximate surface area is 183 Å². The Balaban J connectivity index is 1.26. The van der Waals surface area contributed by atoms with Crippen molar-refractivity contribution in [3.63, 3.8) is 0 Å². The average Bonchev–Trinajstić information content (AvgIpc) is 3.30. The summed E-state index contributed by atoms with van der Waals surface area (Å²) in [6.07, 6.45) is 6.08. The van der Waals surface area contributed by atoms with Crippen LogP contribution in [0.3, 0.4) is 0 Å². The smallest absolute Gasteiger partial charge is 0.276 e. The van der Waals surface area contributed by atoms with Crippen LogP contribution in [-0.4, -0.2) is 53.4 Å². The van der Waals surface area contributed by atoms with E-state index < -0.39 is 12.0 Å². The van der Waals surface area contributed by atoms with Gasteiger partial charge in [0.1, 0.15) is 0 Å². The molecular formula is C21H22N8O3. The van der Waals surface area contributed by atoms with Crippen LogP contribution in [0.5, 0.6) is 0 Å². The first-order valence-corrected chi connectivity index (χ1v) is 10.4. The van der Waals surface area contributed by atoms with E-state index in [9.17, 15) is 14.7 Å². The molecule has 0 aromatic carbocycles. The van der Waals surface area contributed by atoms with Gasteiger partial charge in [0.2, 0.25) is 5.91 Å². The number of carbonyl (C=O) groups excluding carboxylic acids is 2. The lowest BCUT2D eigenvalue weighted by Gasteiger charge is -2.18. The van der Waals surface area contributed by atoms with Crippen molar-refractivity contribution in [2.75, 3.05) is 16.8 Å². The fourth-order valence-electron chi connectivity index (χ4n) is 4.05. The zero-order chi connectivity index (χ0) is 22.4. The number of nitrogens with one attached hydrogen (secondary N) is 1. The van der Waals surface area contributed by atoms with Gasteiger partial charge >= 0.3 is 0 Å². The Morgan fingerprint density at radius 3 is 2.84 bits per heavy atom. The van der Waals surface area contributed by atoms with Gasteiger partial charge in [-0.3, -0.25) is 24.2 Å². The van der Waals surface area contributed by atoms with E-state index in [-0.39, 0.29) is 23.2 Å². The molecule has 0 radical (unpaired) electrons. The molecule has 11 nitrogen and oxygen atoms in total. The summed E-state index contributed by atoms with van der Waals surface area (Å²) in [6.45, 7) is 4.52. The first-order valence-electron chi connectivity index (χ1n) is 10.4. The molecule has 4 heterocycles. The molecule has 11 heteroatoms. The number of rotatable bonds is 6. The lowest BCUT2D eigenvalue weighted by Crippen LogP contribution is -2.30. The fraction of sp³-hybridized carbons (Fsp3) is 0.381. The van der Waals surface area contributed by atoms with Crippen LogP contribution in [0.2, 0.25) is 0 Å². The Bertz CT molecular complexity index is 1210. The summed E-state index contributed by atoms with van der Waals surface area (Å²) in [5.41, 5.74) is 2.31. The number of aryl methyl sites for hydroxylation is 1. The number of fused-ring (bicyclic) bond motifs is 1. The molecule has 0 unspecified atom stereocenters. The molecule has 5 rings (SSSR count). The molecule has 0 spiro atoms. The van der Waals surface area contributed by atoms with E-state index in [1.807, 2.05) is 13.0 Å². The van der Waals surface area contributed by atoms with Gasteiger partial charge in [0, 0.05) is 31.1 Å². The normalized spacial score (nSPS) is 20.2. The highest BCUT2D eigenvalue weighted by Gasteiger charge is 2.53. The van der Waals surface area contributed by atoms with E-state index in [1.165, 1.54) is 25.5 Å². The van der Waals surface area contributed by atoms with Gasteiger partial charge in [-0.15, -0.1) is 5.10 Å². The maximum atomic E-state index is 12.6. The summed E-state index contributed by atoms with van der Waals surface area (Å²) < 4.78 is 1.63. The van der Waals surface area contributed by atoms with Gasteiger partial charge in [0.15, 0.2) is 11.5 Å². The van der Waals surface area contributed by atoms with Crippen molar-refractivity contribution in [1.82, 2.24) is 29.9 Å². The quantitative estimate of drug-likeness (QED) is 0.588. The summed E-state index contributed by atoms with van der Waals surface area (Å²) in [5, 5.41) is 25.3. The minimum absolute atomic E-state index is 0.0569. The highest BCUT2D eigenvalue weighted by molar-refractivity contribution is 6.03. The number of nitrogens with zero attached hydrogens (tertiary/aromatic N) is 7. The van der Waals surface area contributed by atoms with Crippen LogP contribution in [0.15, 0.2) is 30.9 Å². The first kappa shape index (κ1) is 20.2. The number of amides is 2. The fourth-order valence-corrected chi connectivity index (χ4v) is 4.05. The zero-order valence-electron chi connectivity index (χ0n) is 17.6. The maximum Gasteiger partial charge on any atom is 0.276 e. The molecule has 2 N–H and O–H groups in total. The van der Waals surface area contributed by atoms with Crippen molar-refractivity contribution in [2.45, 2.75) is 32.9 Å². The molecule has 1 saturated carbocycles. The molecule has 1 aliphatic heterocycles. The van der Waals surface area contributed by atoms with Crippen LogP contribution in [-0.2, 0) is 11.3 Å². The Kier molecular flexibility index (Phi) is 4.89. The minimum atomic E-state index is -0.918. The summed E-state index contributed by atoms with van der Waals surface area (Å²) in [5.74, 6) is 0.931. The van der Waals surface area contributed by atoms with E-state index in [1.54, 1.807) is 15.8 Å². The maximum absolute atomic E-state index is 12.6. The molecule has 0 bridgehead atoms. The predicted molar refractivity (Wildman–Crippen MR) is 113 cm³/mol. The molecule has 164 valence electrons. The predicted octanol–water partition coefficient (Wildman–Crippen LogP) is 1.11. The molecule has 1 aliphatic carbocycles. The topological polar surface area (TPSA) is 139 Å². The standard InChI is InChI=1S/C21H22N8O3/c1-11-5-14(26-27-19(11)29-8-13-6-16(13)21(29)32)9-28-10-15(7-24-28)25-20(31)18-17(12(2)30)22-3-4-23-18/h3-5,7,10,12-13,16,30H,6,8-9H2,1-2H3,(H,25,31)/t12-,13-,16-/m1/s1. The molecule has 3 aromatic heterocycles. The summed E-state index contributed by atoms with van der Waals surface area (Å²) in [4.78, 5) is 34.7. The largest absolute Gasteiger partial charge is 0.387 e. The first-order chi connectivity index (χ1) is 15.4. The van der Waals surface area contributed by atoms with Crippen LogP contribution >= 0.6 is 0 Å². The number of hydrogen-bond donors (Lipinski definition) is 2. The van der Waals surface area contributed by atoms with E-state index in [0.29, 0.717) is 29.7 Å². The third kappa shape index (κ3) is 3.71. The van der Waals surface area contributed by atoms with Crippen LogP contribution in [0.1, 0.15) is 46.9 Å². The van der Waals surface area contributed by atoms with Crippen molar-refractivity contribution in [3.05, 3.63) is 53.5 Å². The van der Waals surface area contributed by atoms with Crippen molar-refractivity contribution in [3.8, 4) is 0 Å². The molecular weight excluding hydrogens is 412 g/mol. The molecule has 32 heavy (non-hydrogen) atoms. The van der Waals surface area contributed by atoms with Crippen LogP contribution < -0.4 is 10.2 Å². The van der Waals surface area contributed by atoms with Crippen LogP contribution in [0.25, 0.3) is 0 Å². The van der Waals surface area contributed by atoms with Gasteiger partial charge in [-0.05, 0) is 37.8 Å². The van der Waals surface area contributed by atoms with Crippen molar-refractivity contribution < 1.29 is 14.7 Å². The number of aliphatic hydroxyl groups excluding tert-OH is 1. The second-order valence-corrected chi connectivity index (χ2v) is 8.24. The van der Waals surface area contributed by atoms with Crippen LogP contribution in [0.4, 0.5) is 11.5 Å². The molecule has 3 atom stereocenters. The average molecular weight is 434 g/mol. The second kappa shape index (κ2) is 7.75. The number of hydrogen-bond acceptors (Lipinski definition) is 8. The van der Waals surface area contributed by atoms with Crippen molar-refractivity contribution >= 4 is 23.3 Å². The van der Waals surface area contributed by atoms with E-state index in [2.05, 4.69) is 30.6 Å². The van der Waals surface area contributed by atoms with Crippen molar-refractivity contribution in [1.29, 1.82) is 0 Å². The summed E-state index contributed by atoms with van der Waals surface area (Å²) in [7, 11) is 0. The van der Waals surface area contributed by atoms with E-state index in [0.717, 1.165) is 18.5 Å². The van der Waals surface area contributed by atoms with Gasteiger partial charge < -0.3 is 10.4 Å². The molecule has 1 saturated heterocycles. The SMILES string of the molecule is Cc1cc(Cn2cc(NC(=O)c3nccnc3[C@@H](C)O)cn2)nnc1N1C[C@H]2C[C@H]2C1=O. The monoisotopic (exact) mass is 434 g/mol. The summed E-state index contributed by atoms with van der Waals surface area (Å²) in [6, 6.07) is 1.90. The number of carbonyl (C=O) groups is 2. The Hall–Kier alpha value is -3.73. The van der Waals surface area contributed by atoms with E-state index >= 15 is 0 Å². The number of aliphatic hydroxyl groups is 1. The minimum Gasteiger partial charge on any atom is -0.387 e. The van der Waals surface area contributed by atoms with Gasteiger partial charge in [0.05, 0.1) is 35.9 Å². The van der Waals surface area contributed by atoms with Crippen LogP contribution in [0, 0.1) is 18.8 Å². The summed E-state index contributed by atoms with van der Waals surface area (Å²) >= 11 is 0. The molecule has 2 aliphatic rings.